The molecule has 2 rings (SSSR count). The molecule has 0 bridgehead atoms. The number of amides is 1. The fourth-order valence-corrected chi connectivity index (χ4v) is 2.48. The van der Waals surface area contributed by atoms with Crippen LogP contribution in [0.2, 0.25) is 0 Å². The van der Waals surface area contributed by atoms with Gasteiger partial charge in [0.15, 0.2) is 0 Å². The number of hydrogen-bond donors (Lipinski definition) is 1. The molecule has 0 radical (unpaired) electrons. The van der Waals surface area contributed by atoms with Crippen LogP contribution < -0.4 is 5.32 Å². The summed E-state index contributed by atoms with van der Waals surface area (Å²) in [5, 5.41) is 2.80. The van der Waals surface area contributed by atoms with Crippen molar-refractivity contribution in [3.63, 3.8) is 0 Å². The quantitative estimate of drug-likeness (QED) is 0.659. The second-order valence-electron chi connectivity index (χ2n) is 5.43. The Kier molecular flexibility index (Phi) is 5.57. The van der Waals surface area contributed by atoms with Crippen LogP contribution in [-0.2, 0) is 9.53 Å². The summed E-state index contributed by atoms with van der Waals surface area (Å²) in [6.45, 7) is 4.55. The van der Waals surface area contributed by atoms with Crippen LogP contribution in [0.25, 0.3) is 5.69 Å². The summed E-state index contributed by atoms with van der Waals surface area (Å²) in [6.07, 6.45) is 0.875. The zero-order valence-electron chi connectivity index (χ0n) is 13.8. The SMILES string of the molecule is COC(=O)CCCNC(=O)c1ccc(-n2c(C)ccc2C)cc1. The summed E-state index contributed by atoms with van der Waals surface area (Å²) in [5.74, 6) is -0.400. The number of carbonyl (C=O) groups excluding carboxylic acids is 2. The number of aromatic nitrogens is 1. The Morgan fingerprint density at radius 3 is 2.22 bits per heavy atom. The number of carbonyl (C=O) groups is 2. The Morgan fingerprint density at radius 1 is 1.04 bits per heavy atom. The van der Waals surface area contributed by atoms with Crippen LogP contribution in [0.1, 0.15) is 34.6 Å². The smallest absolute Gasteiger partial charge is 0.305 e. The predicted octanol–water partition coefficient (Wildman–Crippen LogP) is 2.78. The van der Waals surface area contributed by atoms with E-state index >= 15 is 0 Å². The molecule has 0 unspecified atom stereocenters. The van der Waals surface area contributed by atoms with Crippen molar-refractivity contribution >= 4 is 11.9 Å². The van der Waals surface area contributed by atoms with Crippen LogP contribution in [0.4, 0.5) is 0 Å². The highest BCUT2D eigenvalue weighted by Gasteiger charge is 2.08. The monoisotopic (exact) mass is 314 g/mol. The lowest BCUT2D eigenvalue weighted by molar-refractivity contribution is -0.140. The molecule has 1 aromatic heterocycles. The lowest BCUT2D eigenvalue weighted by atomic mass is 10.2. The van der Waals surface area contributed by atoms with Gasteiger partial charge in [-0.25, -0.2) is 0 Å². The maximum absolute atomic E-state index is 12.1. The van der Waals surface area contributed by atoms with Crippen LogP contribution in [0.15, 0.2) is 36.4 Å². The maximum Gasteiger partial charge on any atom is 0.305 e. The van der Waals surface area contributed by atoms with E-state index in [0.717, 1.165) is 17.1 Å². The van der Waals surface area contributed by atoms with Crippen molar-refractivity contribution in [2.75, 3.05) is 13.7 Å². The zero-order chi connectivity index (χ0) is 16.8. The second-order valence-corrected chi connectivity index (χ2v) is 5.43. The van der Waals surface area contributed by atoms with Crippen LogP contribution in [0, 0.1) is 13.8 Å². The van der Waals surface area contributed by atoms with Gasteiger partial charge in [0.25, 0.3) is 5.91 Å². The molecular weight excluding hydrogens is 292 g/mol. The molecule has 1 N–H and O–H groups in total. The summed E-state index contributed by atoms with van der Waals surface area (Å²) < 4.78 is 6.69. The van der Waals surface area contributed by atoms with E-state index in [1.54, 1.807) is 0 Å². The van der Waals surface area contributed by atoms with Gasteiger partial charge in [0, 0.05) is 35.6 Å². The van der Waals surface area contributed by atoms with Gasteiger partial charge in [0.1, 0.15) is 0 Å². The van der Waals surface area contributed by atoms with Gasteiger partial charge in [-0.15, -0.1) is 0 Å². The third-order valence-electron chi connectivity index (χ3n) is 3.73. The van der Waals surface area contributed by atoms with Gasteiger partial charge in [0.2, 0.25) is 0 Å². The Bertz CT molecular complexity index is 667. The average molecular weight is 314 g/mol. The molecule has 1 heterocycles. The summed E-state index contributed by atoms with van der Waals surface area (Å²) in [6, 6.07) is 11.6. The fourth-order valence-electron chi connectivity index (χ4n) is 2.48. The topological polar surface area (TPSA) is 60.3 Å². The highest BCUT2D eigenvalue weighted by molar-refractivity contribution is 5.94. The highest BCUT2D eigenvalue weighted by Crippen LogP contribution is 2.16. The second kappa shape index (κ2) is 7.63. The van der Waals surface area contributed by atoms with Crippen LogP contribution in [-0.4, -0.2) is 30.1 Å². The molecule has 0 atom stereocenters. The number of ether oxygens (including phenoxy) is 1. The lowest BCUT2D eigenvalue weighted by Gasteiger charge is -2.10. The number of aryl methyl sites for hydroxylation is 2. The van der Waals surface area contributed by atoms with Crippen molar-refractivity contribution in [1.82, 2.24) is 9.88 Å². The zero-order valence-corrected chi connectivity index (χ0v) is 13.8. The summed E-state index contributed by atoms with van der Waals surface area (Å²) in [4.78, 5) is 23.1. The minimum Gasteiger partial charge on any atom is -0.469 e. The largest absolute Gasteiger partial charge is 0.469 e. The molecule has 0 saturated heterocycles. The van der Waals surface area contributed by atoms with E-state index in [1.165, 1.54) is 7.11 Å². The molecule has 0 spiro atoms. The van der Waals surface area contributed by atoms with Crippen molar-refractivity contribution in [1.29, 1.82) is 0 Å². The molecule has 0 fully saturated rings. The van der Waals surface area contributed by atoms with Gasteiger partial charge in [0.05, 0.1) is 7.11 Å². The number of benzene rings is 1. The van der Waals surface area contributed by atoms with Crippen LogP contribution in [0.5, 0.6) is 0 Å². The van der Waals surface area contributed by atoms with Gasteiger partial charge in [-0.05, 0) is 56.7 Å². The molecule has 1 aromatic carbocycles. The molecule has 122 valence electrons. The molecule has 0 aliphatic heterocycles. The Hall–Kier alpha value is -2.56. The third kappa shape index (κ3) is 4.22. The van der Waals surface area contributed by atoms with E-state index in [0.29, 0.717) is 24.9 Å². The molecule has 2 aromatic rings. The molecule has 0 aliphatic carbocycles. The minimum absolute atomic E-state index is 0.137. The van der Waals surface area contributed by atoms with Gasteiger partial charge in [-0.2, -0.15) is 0 Å². The van der Waals surface area contributed by atoms with Crippen LogP contribution in [0.3, 0.4) is 0 Å². The molecule has 0 aliphatic rings. The van der Waals surface area contributed by atoms with Crippen molar-refractivity contribution in [3.05, 3.63) is 53.3 Å². The van der Waals surface area contributed by atoms with Crippen molar-refractivity contribution in [3.8, 4) is 5.69 Å². The Balaban J connectivity index is 1.94. The molecule has 1 amide bonds. The predicted molar refractivity (Wildman–Crippen MR) is 88.8 cm³/mol. The number of rotatable bonds is 6. The van der Waals surface area contributed by atoms with E-state index in [1.807, 2.05) is 24.3 Å². The van der Waals surface area contributed by atoms with Crippen molar-refractivity contribution < 1.29 is 14.3 Å². The summed E-state index contributed by atoms with van der Waals surface area (Å²) >= 11 is 0. The molecule has 5 heteroatoms. The van der Waals surface area contributed by atoms with Gasteiger partial charge in [-0.1, -0.05) is 0 Å². The fraction of sp³-hybridized carbons (Fsp3) is 0.333. The third-order valence-corrected chi connectivity index (χ3v) is 3.73. The first-order valence-electron chi connectivity index (χ1n) is 7.63. The van der Waals surface area contributed by atoms with E-state index in [-0.39, 0.29) is 11.9 Å². The van der Waals surface area contributed by atoms with Gasteiger partial charge < -0.3 is 14.6 Å². The molecular formula is C18H22N2O3. The first-order valence-corrected chi connectivity index (χ1v) is 7.63. The Labute approximate surface area is 136 Å². The van der Waals surface area contributed by atoms with E-state index in [9.17, 15) is 9.59 Å². The van der Waals surface area contributed by atoms with E-state index < -0.39 is 0 Å². The number of nitrogens with one attached hydrogen (secondary N) is 1. The standard InChI is InChI=1S/C18H22N2O3/c1-13-6-7-14(2)20(13)16-10-8-15(9-11-16)18(22)19-12-4-5-17(21)23-3/h6-11H,4-5,12H2,1-3H3,(H,19,22). The number of hydrogen-bond acceptors (Lipinski definition) is 3. The highest BCUT2D eigenvalue weighted by atomic mass is 16.5. The van der Waals surface area contributed by atoms with Gasteiger partial charge >= 0.3 is 5.97 Å². The van der Waals surface area contributed by atoms with Crippen molar-refractivity contribution in [2.45, 2.75) is 26.7 Å². The van der Waals surface area contributed by atoms with E-state index in [4.69, 9.17) is 0 Å². The van der Waals surface area contributed by atoms with Crippen molar-refractivity contribution in [2.24, 2.45) is 0 Å². The van der Waals surface area contributed by atoms with Gasteiger partial charge in [-0.3, -0.25) is 9.59 Å². The van der Waals surface area contributed by atoms with E-state index in [2.05, 4.69) is 40.6 Å². The lowest BCUT2D eigenvalue weighted by Crippen LogP contribution is -2.25. The maximum atomic E-state index is 12.1. The molecule has 23 heavy (non-hydrogen) atoms. The number of nitrogens with zero attached hydrogens (tertiary/aromatic N) is 1. The minimum atomic E-state index is -0.263. The average Bonchev–Trinajstić information content (AvgIpc) is 2.90. The summed E-state index contributed by atoms with van der Waals surface area (Å²) in [5.41, 5.74) is 3.95. The Morgan fingerprint density at radius 2 is 1.65 bits per heavy atom. The molecule has 5 nitrogen and oxygen atoms in total. The number of methoxy groups -OCH3 is 1. The molecule has 0 saturated carbocycles. The first kappa shape index (κ1) is 16.8. The number of esters is 1. The van der Waals surface area contributed by atoms with Crippen LogP contribution >= 0.6 is 0 Å². The first-order chi connectivity index (χ1) is 11.0. The summed E-state index contributed by atoms with van der Waals surface area (Å²) in [7, 11) is 1.36. The normalized spacial score (nSPS) is 10.4.